The highest BCUT2D eigenvalue weighted by molar-refractivity contribution is 6.04. The van der Waals surface area contributed by atoms with E-state index in [4.69, 9.17) is 14.2 Å². The highest BCUT2D eigenvalue weighted by Gasteiger charge is 2.20. The smallest absolute Gasteiger partial charge is 0.262 e. The highest BCUT2D eigenvalue weighted by atomic mass is 19.1. The fourth-order valence-electron chi connectivity index (χ4n) is 2.29. The summed E-state index contributed by atoms with van der Waals surface area (Å²) in [6.45, 7) is -0.354. The van der Waals surface area contributed by atoms with Gasteiger partial charge in [0.25, 0.3) is 11.8 Å². The van der Waals surface area contributed by atoms with Crippen LogP contribution in [0, 0.1) is 5.82 Å². The van der Waals surface area contributed by atoms with Crippen molar-refractivity contribution in [3.63, 3.8) is 0 Å². The number of ether oxygens (including phenoxy) is 3. The zero-order chi connectivity index (χ0) is 20.0. The molecule has 2 rings (SSSR count). The van der Waals surface area contributed by atoms with Crippen LogP contribution < -0.4 is 19.5 Å². The molecule has 0 aliphatic carbocycles. The van der Waals surface area contributed by atoms with Crippen molar-refractivity contribution in [3.8, 4) is 17.2 Å². The van der Waals surface area contributed by atoms with E-state index in [9.17, 15) is 14.0 Å². The lowest BCUT2D eigenvalue weighted by Crippen LogP contribution is -2.26. The minimum absolute atomic E-state index is 0.224. The predicted octanol–water partition coefficient (Wildman–Crippen LogP) is 2.56. The number of halogens is 1. The molecule has 0 spiro atoms. The van der Waals surface area contributed by atoms with Crippen molar-refractivity contribution in [2.75, 3.05) is 40.2 Å². The molecule has 1 N–H and O–H groups in total. The standard InChI is InChI=1S/C19H21FN2O5/c1-22(2)19(24)14-9-16(25-3)17(26-4)10-15(14)21-18(23)11-27-13-7-5-6-12(20)8-13/h5-10H,11H2,1-4H3,(H,21,23). The maximum absolute atomic E-state index is 13.2. The van der Waals surface area contributed by atoms with Crippen LogP contribution >= 0.6 is 0 Å². The lowest BCUT2D eigenvalue weighted by molar-refractivity contribution is -0.118. The lowest BCUT2D eigenvalue weighted by atomic mass is 10.1. The van der Waals surface area contributed by atoms with Crippen molar-refractivity contribution in [2.45, 2.75) is 0 Å². The molecule has 27 heavy (non-hydrogen) atoms. The molecule has 2 aromatic carbocycles. The van der Waals surface area contributed by atoms with Crippen LogP contribution in [0.25, 0.3) is 0 Å². The van der Waals surface area contributed by atoms with Gasteiger partial charge in [0.2, 0.25) is 0 Å². The van der Waals surface area contributed by atoms with Crippen LogP contribution in [-0.2, 0) is 4.79 Å². The first kappa shape index (κ1) is 20.0. The maximum atomic E-state index is 13.2. The van der Waals surface area contributed by atoms with Gasteiger partial charge < -0.3 is 24.4 Å². The average molecular weight is 376 g/mol. The molecule has 2 amide bonds. The average Bonchev–Trinajstić information content (AvgIpc) is 2.65. The number of amides is 2. The van der Waals surface area contributed by atoms with Gasteiger partial charge in [-0.25, -0.2) is 4.39 Å². The van der Waals surface area contributed by atoms with Crippen molar-refractivity contribution < 1.29 is 28.2 Å². The number of rotatable bonds is 7. The molecule has 0 unspecified atom stereocenters. The summed E-state index contributed by atoms with van der Waals surface area (Å²) in [5.41, 5.74) is 0.482. The molecule has 0 radical (unpaired) electrons. The third-order valence-electron chi connectivity index (χ3n) is 3.60. The molecule has 0 fully saturated rings. The van der Waals surface area contributed by atoms with Gasteiger partial charge in [-0.15, -0.1) is 0 Å². The summed E-state index contributed by atoms with van der Waals surface area (Å²) < 4.78 is 28.9. The van der Waals surface area contributed by atoms with Gasteiger partial charge in [-0.1, -0.05) is 6.07 Å². The van der Waals surface area contributed by atoms with Gasteiger partial charge in [0, 0.05) is 26.2 Å². The molecule has 0 atom stereocenters. The zero-order valence-electron chi connectivity index (χ0n) is 15.5. The van der Waals surface area contributed by atoms with Gasteiger partial charge in [-0.3, -0.25) is 9.59 Å². The topological polar surface area (TPSA) is 77.1 Å². The van der Waals surface area contributed by atoms with Crippen molar-refractivity contribution in [3.05, 3.63) is 47.8 Å². The Labute approximate surface area is 156 Å². The third kappa shape index (κ3) is 5.10. The number of carbonyl (C=O) groups is 2. The number of hydrogen-bond acceptors (Lipinski definition) is 5. The Morgan fingerprint density at radius 1 is 1.07 bits per heavy atom. The summed E-state index contributed by atoms with van der Waals surface area (Å²) in [5, 5.41) is 2.62. The molecule has 0 bridgehead atoms. The molecule has 0 saturated heterocycles. The molecular formula is C19H21FN2O5. The monoisotopic (exact) mass is 376 g/mol. The zero-order valence-corrected chi connectivity index (χ0v) is 15.5. The van der Waals surface area contributed by atoms with Gasteiger partial charge >= 0.3 is 0 Å². The van der Waals surface area contributed by atoms with E-state index in [0.29, 0.717) is 11.5 Å². The van der Waals surface area contributed by atoms with Crippen molar-refractivity contribution in [1.29, 1.82) is 0 Å². The molecule has 0 heterocycles. The summed E-state index contributed by atoms with van der Waals surface area (Å²) in [6.07, 6.45) is 0. The van der Waals surface area contributed by atoms with E-state index in [0.717, 1.165) is 0 Å². The Bertz CT molecular complexity index is 839. The van der Waals surface area contributed by atoms with Crippen LogP contribution in [0.15, 0.2) is 36.4 Å². The summed E-state index contributed by atoms with van der Waals surface area (Å²) in [4.78, 5) is 26.1. The molecular weight excluding hydrogens is 355 g/mol. The van der Waals surface area contributed by atoms with E-state index in [-0.39, 0.29) is 29.5 Å². The molecule has 7 nitrogen and oxygen atoms in total. The van der Waals surface area contributed by atoms with Crippen molar-refractivity contribution >= 4 is 17.5 Å². The predicted molar refractivity (Wildman–Crippen MR) is 98.1 cm³/mol. The van der Waals surface area contributed by atoms with E-state index < -0.39 is 11.7 Å². The summed E-state index contributed by atoms with van der Waals surface area (Å²) in [7, 11) is 6.09. The first-order valence-electron chi connectivity index (χ1n) is 8.01. The molecule has 144 valence electrons. The Hall–Kier alpha value is -3.29. The number of nitrogens with one attached hydrogen (secondary N) is 1. The van der Waals surface area contributed by atoms with Gasteiger partial charge in [0.05, 0.1) is 25.5 Å². The third-order valence-corrected chi connectivity index (χ3v) is 3.60. The van der Waals surface area contributed by atoms with E-state index in [1.165, 1.54) is 55.5 Å². The number of anilines is 1. The second-order valence-corrected chi connectivity index (χ2v) is 5.75. The summed E-state index contributed by atoms with van der Waals surface area (Å²) >= 11 is 0. The minimum Gasteiger partial charge on any atom is -0.493 e. The molecule has 8 heteroatoms. The molecule has 0 aliphatic rings. The summed E-state index contributed by atoms with van der Waals surface area (Å²) in [5.74, 6) is -0.365. The molecule has 2 aromatic rings. The van der Waals surface area contributed by atoms with Gasteiger partial charge in [-0.2, -0.15) is 0 Å². The van der Waals surface area contributed by atoms with Crippen LogP contribution in [0.1, 0.15) is 10.4 Å². The van der Waals surface area contributed by atoms with E-state index >= 15 is 0 Å². The Morgan fingerprint density at radius 3 is 2.33 bits per heavy atom. The highest BCUT2D eigenvalue weighted by Crippen LogP contribution is 2.33. The van der Waals surface area contributed by atoms with Gasteiger partial charge in [0.1, 0.15) is 11.6 Å². The van der Waals surface area contributed by atoms with Crippen LogP contribution in [0.5, 0.6) is 17.2 Å². The fourth-order valence-corrected chi connectivity index (χ4v) is 2.29. The van der Waals surface area contributed by atoms with E-state index in [1.54, 1.807) is 14.1 Å². The molecule has 0 aliphatic heterocycles. The van der Waals surface area contributed by atoms with Crippen LogP contribution in [0.2, 0.25) is 0 Å². The SMILES string of the molecule is COc1cc(NC(=O)COc2cccc(F)c2)c(C(=O)N(C)C)cc1OC. The minimum atomic E-state index is -0.515. The van der Waals surface area contributed by atoms with Crippen molar-refractivity contribution in [2.24, 2.45) is 0 Å². The number of nitrogens with zero attached hydrogens (tertiary/aromatic N) is 1. The van der Waals surface area contributed by atoms with Crippen LogP contribution in [0.3, 0.4) is 0 Å². The summed E-state index contributed by atoms with van der Waals surface area (Å²) in [6, 6.07) is 8.44. The first-order chi connectivity index (χ1) is 12.8. The second kappa shape index (κ2) is 8.88. The Balaban J connectivity index is 2.22. The van der Waals surface area contributed by atoms with Crippen LogP contribution in [0.4, 0.5) is 10.1 Å². The maximum Gasteiger partial charge on any atom is 0.262 e. The van der Waals surface area contributed by atoms with Gasteiger partial charge in [0.15, 0.2) is 18.1 Å². The molecule has 0 saturated carbocycles. The quantitative estimate of drug-likeness (QED) is 0.804. The number of benzene rings is 2. The number of hydrogen-bond donors (Lipinski definition) is 1. The fraction of sp³-hybridized carbons (Fsp3) is 0.263. The van der Waals surface area contributed by atoms with E-state index in [2.05, 4.69) is 5.32 Å². The first-order valence-corrected chi connectivity index (χ1v) is 8.01. The second-order valence-electron chi connectivity index (χ2n) is 5.75. The van der Waals surface area contributed by atoms with Crippen LogP contribution in [-0.4, -0.2) is 51.6 Å². The molecule has 0 aromatic heterocycles. The lowest BCUT2D eigenvalue weighted by Gasteiger charge is -2.18. The normalized spacial score (nSPS) is 10.1. The van der Waals surface area contributed by atoms with E-state index in [1.807, 2.05) is 0 Å². The number of methoxy groups -OCH3 is 2. The Morgan fingerprint density at radius 2 is 1.74 bits per heavy atom. The largest absolute Gasteiger partial charge is 0.493 e. The van der Waals surface area contributed by atoms with Crippen molar-refractivity contribution in [1.82, 2.24) is 4.90 Å². The Kier molecular flexibility index (Phi) is 6.59. The van der Waals surface area contributed by atoms with Gasteiger partial charge in [-0.05, 0) is 18.2 Å². The number of carbonyl (C=O) groups excluding carboxylic acids is 2.